The third-order valence-electron chi connectivity index (χ3n) is 3.39. The highest BCUT2D eigenvalue weighted by Gasteiger charge is 2.12. The number of hydrogen-bond donors (Lipinski definition) is 2. The number of amides is 1. The first-order valence-corrected chi connectivity index (χ1v) is 8.77. The number of carboxylic acid groups (broad SMARTS) is 1. The molecule has 0 fully saturated rings. The number of carbonyl (C=O) groups excluding carboxylic acids is 1. The Hall–Kier alpha value is -2.84. The second-order valence-corrected chi connectivity index (χ2v) is 6.61. The molecule has 1 amide bonds. The van der Waals surface area contributed by atoms with Crippen molar-refractivity contribution in [1.29, 1.82) is 0 Å². The van der Waals surface area contributed by atoms with Gasteiger partial charge in [-0.15, -0.1) is 0 Å². The number of halogens is 2. The van der Waals surface area contributed by atoms with Crippen molar-refractivity contribution in [1.82, 2.24) is 5.43 Å². The normalized spacial score (nSPS) is 11.0. The van der Waals surface area contributed by atoms with Crippen LogP contribution < -0.4 is 10.2 Å². The van der Waals surface area contributed by atoms with Gasteiger partial charge in [0.2, 0.25) is 0 Å². The number of fused-ring (bicyclic) bond motifs is 1. The third kappa shape index (κ3) is 4.66. The van der Waals surface area contributed by atoms with Crippen LogP contribution in [0.1, 0.15) is 16.1 Å². The molecule has 0 aliphatic carbocycles. The van der Waals surface area contributed by atoms with E-state index < -0.39 is 18.5 Å². The molecule has 0 unspecified atom stereocenters. The van der Waals surface area contributed by atoms with E-state index in [4.69, 9.17) is 25.9 Å². The maximum absolute atomic E-state index is 12.1. The van der Waals surface area contributed by atoms with Gasteiger partial charge in [0.05, 0.1) is 15.7 Å². The number of carboxylic acids is 1. The van der Waals surface area contributed by atoms with E-state index in [9.17, 15) is 9.59 Å². The molecular formula is C18H12BrClN2O5. The van der Waals surface area contributed by atoms with Crippen molar-refractivity contribution in [2.45, 2.75) is 0 Å². The standard InChI is InChI=1S/C18H12BrClN2O5/c19-12-5-10(6-13(20)17(12)26-9-16(23)24)8-21-22-18(25)15-7-11-3-1-2-4-14(11)27-15/h1-8H,9H2,(H,22,25)(H,23,24)/b21-8+. The van der Waals surface area contributed by atoms with Gasteiger partial charge < -0.3 is 14.3 Å². The quantitative estimate of drug-likeness (QED) is 0.434. The Labute approximate surface area is 166 Å². The molecule has 3 aromatic rings. The zero-order valence-corrected chi connectivity index (χ0v) is 16.0. The Morgan fingerprint density at radius 2 is 2.07 bits per heavy atom. The first-order chi connectivity index (χ1) is 12.9. The van der Waals surface area contributed by atoms with Crippen LogP contribution in [0.2, 0.25) is 5.02 Å². The number of aliphatic carboxylic acids is 1. The minimum atomic E-state index is -1.11. The number of hydrazone groups is 1. The fourth-order valence-corrected chi connectivity index (χ4v) is 3.23. The number of ether oxygens (including phenoxy) is 1. The van der Waals surface area contributed by atoms with Gasteiger partial charge in [-0.1, -0.05) is 29.8 Å². The van der Waals surface area contributed by atoms with Gasteiger partial charge in [0.25, 0.3) is 0 Å². The van der Waals surface area contributed by atoms with E-state index in [0.29, 0.717) is 15.6 Å². The number of para-hydroxylation sites is 1. The van der Waals surface area contributed by atoms with Crippen molar-refractivity contribution in [2.24, 2.45) is 5.10 Å². The minimum Gasteiger partial charge on any atom is -0.479 e. The Morgan fingerprint density at radius 3 is 2.78 bits per heavy atom. The van der Waals surface area contributed by atoms with Crippen LogP contribution in [-0.2, 0) is 4.79 Å². The van der Waals surface area contributed by atoms with Gasteiger partial charge in [-0.25, -0.2) is 10.2 Å². The Bertz CT molecular complexity index is 991. The van der Waals surface area contributed by atoms with E-state index in [1.807, 2.05) is 18.2 Å². The maximum Gasteiger partial charge on any atom is 0.341 e. The van der Waals surface area contributed by atoms with E-state index >= 15 is 0 Å². The van der Waals surface area contributed by atoms with Crippen LogP contribution in [0.15, 0.2) is 56.5 Å². The van der Waals surface area contributed by atoms with Crippen molar-refractivity contribution in [3.05, 3.63) is 63.3 Å². The molecule has 0 spiro atoms. The summed E-state index contributed by atoms with van der Waals surface area (Å²) in [4.78, 5) is 22.7. The van der Waals surface area contributed by atoms with Gasteiger partial charge >= 0.3 is 11.9 Å². The first kappa shape index (κ1) is 18.9. The molecule has 3 rings (SSSR count). The largest absolute Gasteiger partial charge is 0.479 e. The highest BCUT2D eigenvalue weighted by atomic mass is 79.9. The second-order valence-electron chi connectivity index (χ2n) is 5.34. The summed E-state index contributed by atoms with van der Waals surface area (Å²) in [7, 11) is 0. The fraction of sp³-hybridized carbons (Fsp3) is 0.0556. The molecule has 0 atom stereocenters. The van der Waals surface area contributed by atoms with Gasteiger partial charge in [-0.2, -0.15) is 5.10 Å². The highest BCUT2D eigenvalue weighted by Crippen LogP contribution is 2.34. The molecule has 2 aromatic carbocycles. The lowest BCUT2D eigenvalue weighted by Gasteiger charge is -2.08. The van der Waals surface area contributed by atoms with Crippen LogP contribution in [0.5, 0.6) is 5.75 Å². The second kappa shape index (κ2) is 8.24. The molecule has 2 N–H and O–H groups in total. The molecule has 0 aliphatic heterocycles. The average molecular weight is 452 g/mol. The Balaban J connectivity index is 1.68. The predicted octanol–water partition coefficient (Wildman–Crippen LogP) is 4.08. The highest BCUT2D eigenvalue weighted by molar-refractivity contribution is 9.10. The molecule has 27 heavy (non-hydrogen) atoms. The van der Waals surface area contributed by atoms with E-state index in [0.717, 1.165) is 5.39 Å². The third-order valence-corrected chi connectivity index (χ3v) is 4.26. The monoisotopic (exact) mass is 450 g/mol. The van der Waals surface area contributed by atoms with Gasteiger partial charge in [-0.05, 0) is 45.8 Å². The van der Waals surface area contributed by atoms with Crippen molar-refractivity contribution >= 4 is 56.6 Å². The summed E-state index contributed by atoms with van der Waals surface area (Å²) < 4.78 is 11.0. The lowest BCUT2D eigenvalue weighted by molar-refractivity contribution is -0.139. The summed E-state index contributed by atoms with van der Waals surface area (Å²) in [6.07, 6.45) is 1.39. The van der Waals surface area contributed by atoms with Gasteiger partial charge in [0.15, 0.2) is 18.1 Å². The molecule has 1 aromatic heterocycles. The Morgan fingerprint density at radius 1 is 1.30 bits per heavy atom. The summed E-state index contributed by atoms with van der Waals surface area (Å²) in [5.41, 5.74) is 3.55. The molecule has 0 radical (unpaired) electrons. The maximum atomic E-state index is 12.1. The van der Waals surface area contributed by atoms with Crippen molar-refractivity contribution in [3.8, 4) is 5.75 Å². The van der Waals surface area contributed by atoms with Crippen LogP contribution in [0.25, 0.3) is 11.0 Å². The van der Waals surface area contributed by atoms with Gasteiger partial charge in [0.1, 0.15) is 5.58 Å². The van der Waals surface area contributed by atoms with Crippen molar-refractivity contribution in [3.63, 3.8) is 0 Å². The number of nitrogens with zero attached hydrogens (tertiary/aromatic N) is 1. The zero-order chi connectivity index (χ0) is 19.4. The lowest BCUT2D eigenvalue weighted by Crippen LogP contribution is -2.16. The number of benzene rings is 2. The summed E-state index contributed by atoms with van der Waals surface area (Å²) in [6.45, 7) is -0.515. The molecule has 138 valence electrons. The molecular weight excluding hydrogens is 440 g/mol. The smallest absolute Gasteiger partial charge is 0.341 e. The summed E-state index contributed by atoms with van der Waals surface area (Å²) in [5.74, 6) is -1.25. The number of nitrogens with one attached hydrogen (secondary N) is 1. The summed E-state index contributed by atoms with van der Waals surface area (Å²) in [5, 5.41) is 13.6. The Kier molecular flexibility index (Phi) is 5.78. The molecule has 1 heterocycles. The van der Waals surface area contributed by atoms with Crippen molar-refractivity contribution < 1.29 is 23.8 Å². The van der Waals surface area contributed by atoms with Crippen LogP contribution in [0, 0.1) is 0 Å². The zero-order valence-electron chi connectivity index (χ0n) is 13.6. The minimum absolute atomic E-state index is 0.144. The summed E-state index contributed by atoms with van der Waals surface area (Å²) in [6, 6.07) is 12.1. The van der Waals surface area contributed by atoms with Gasteiger partial charge in [-0.3, -0.25) is 4.79 Å². The average Bonchev–Trinajstić information content (AvgIpc) is 3.05. The van der Waals surface area contributed by atoms with E-state index in [-0.39, 0.29) is 16.5 Å². The topological polar surface area (TPSA) is 101 Å². The van der Waals surface area contributed by atoms with Crippen LogP contribution in [0.3, 0.4) is 0 Å². The van der Waals surface area contributed by atoms with Gasteiger partial charge in [0, 0.05) is 5.39 Å². The molecule has 7 nitrogen and oxygen atoms in total. The van der Waals surface area contributed by atoms with Crippen molar-refractivity contribution in [2.75, 3.05) is 6.61 Å². The fourth-order valence-electron chi connectivity index (χ4n) is 2.24. The molecule has 0 aliphatic rings. The first-order valence-electron chi connectivity index (χ1n) is 7.59. The molecule has 0 saturated heterocycles. The van der Waals surface area contributed by atoms with Crippen LogP contribution >= 0.6 is 27.5 Å². The number of furan rings is 1. The number of carbonyl (C=O) groups is 2. The van der Waals surface area contributed by atoms with E-state index in [1.54, 1.807) is 18.2 Å². The predicted molar refractivity (Wildman–Crippen MR) is 104 cm³/mol. The number of hydrogen-bond acceptors (Lipinski definition) is 5. The van der Waals surface area contributed by atoms with Crippen LogP contribution in [0.4, 0.5) is 0 Å². The van der Waals surface area contributed by atoms with Crippen LogP contribution in [-0.4, -0.2) is 29.8 Å². The van der Waals surface area contributed by atoms with E-state index in [1.165, 1.54) is 12.3 Å². The number of rotatable bonds is 6. The summed E-state index contributed by atoms with van der Waals surface area (Å²) >= 11 is 9.35. The molecule has 9 heteroatoms. The SMILES string of the molecule is O=C(O)COc1c(Cl)cc(/C=N/NC(=O)c2cc3ccccc3o2)cc1Br. The molecule has 0 saturated carbocycles. The van der Waals surface area contributed by atoms with E-state index in [2.05, 4.69) is 26.5 Å². The lowest BCUT2D eigenvalue weighted by atomic mass is 10.2. The molecule has 0 bridgehead atoms.